The Bertz CT molecular complexity index is 632. The van der Waals surface area contributed by atoms with Crippen LogP contribution in [0, 0.1) is 10.1 Å². The van der Waals surface area contributed by atoms with Crippen LogP contribution in [0.4, 0.5) is 24.5 Å². The molecule has 1 aromatic rings. The first-order chi connectivity index (χ1) is 8.43. The predicted molar refractivity (Wildman–Crippen MR) is 55.0 cm³/mol. The Balaban J connectivity index is 3.59. The number of alkyl halides is 3. The second-order valence-corrected chi connectivity index (χ2v) is 5.44. The molecule has 0 amide bonds. The van der Waals surface area contributed by atoms with Gasteiger partial charge in [-0.05, 0) is 0 Å². The van der Waals surface area contributed by atoms with Crippen molar-refractivity contribution in [3.05, 3.63) is 16.3 Å². The highest BCUT2D eigenvalue weighted by Crippen LogP contribution is 2.38. The third-order valence-electron chi connectivity index (χ3n) is 1.67. The maximum absolute atomic E-state index is 12.0. The SMILES string of the molecule is Nc1c([N+](=O)[O-])cnc(OC(F)(F)F)c1S(=O)(=O)Cl. The molecule has 2 N–H and O–H groups in total. The summed E-state index contributed by atoms with van der Waals surface area (Å²) < 4.78 is 61.6. The predicted octanol–water partition coefficient (Wildman–Crippen LogP) is 1.40. The minimum atomic E-state index is -5.27. The monoisotopic (exact) mass is 321 g/mol. The van der Waals surface area contributed by atoms with E-state index in [-0.39, 0.29) is 0 Å². The number of nitrogens with zero attached hydrogens (tertiary/aromatic N) is 2. The van der Waals surface area contributed by atoms with Crippen molar-refractivity contribution in [3.8, 4) is 5.88 Å². The van der Waals surface area contributed by atoms with Crippen molar-refractivity contribution in [3.63, 3.8) is 0 Å². The Labute approximate surface area is 107 Å². The van der Waals surface area contributed by atoms with Crippen molar-refractivity contribution >= 4 is 31.1 Å². The molecule has 0 bridgehead atoms. The number of hydrogen-bond donors (Lipinski definition) is 1. The quantitative estimate of drug-likeness (QED) is 0.506. The standard InChI is InChI=1S/C6H3ClF3N3O5S/c7-19(16,17)4-3(11)2(13(14)15)1-12-5(4)18-6(8,9)10/h1H,(H2,11,12). The van der Waals surface area contributed by atoms with Crippen molar-refractivity contribution in [1.82, 2.24) is 4.98 Å². The van der Waals surface area contributed by atoms with E-state index in [1.54, 1.807) is 0 Å². The van der Waals surface area contributed by atoms with Gasteiger partial charge in [0.05, 0.1) is 4.92 Å². The molecule has 0 saturated carbocycles. The van der Waals surface area contributed by atoms with Crippen LogP contribution >= 0.6 is 10.7 Å². The topological polar surface area (TPSA) is 125 Å². The lowest BCUT2D eigenvalue weighted by molar-refractivity contribution is -0.384. The summed E-state index contributed by atoms with van der Waals surface area (Å²) in [6.07, 6.45) is -4.95. The van der Waals surface area contributed by atoms with E-state index in [0.29, 0.717) is 6.20 Å². The summed E-state index contributed by atoms with van der Waals surface area (Å²) in [4.78, 5) is 10.8. The van der Waals surface area contributed by atoms with Crippen LogP contribution < -0.4 is 10.5 Å². The molecular weight excluding hydrogens is 319 g/mol. The number of hydrogen-bond acceptors (Lipinski definition) is 7. The highest BCUT2D eigenvalue weighted by atomic mass is 35.7. The van der Waals surface area contributed by atoms with Gasteiger partial charge in [-0.15, -0.1) is 13.2 Å². The van der Waals surface area contributed by atoms with Gasteiger partial charge in [-0.1, -0.05) is 0 Å². The lowest BCUT2D eigenvalue weighted by atomic mass is 10.3. The van der Waals surface area contributed by atoms with Crippen LogP contribution in [-0.2, 0) is 9.05 Å². The number of pyridine rings is 1. The van der Waals surface area contributed by atoms with Gasteiger partial charge in [-0.2, -0.15) is 0 Å². The normalized spacial score (nSPS) is 12.2. The van der Waals surface area contributed by atoms with Crippen molar-refractivity contribution < 1.29 is 31.2 Å². The zero-order valence-electron chi connectivity index (χ0n) is 8.51. The number of rotatable bonds is 3. The third-order valence-corrected chi connectivity index (χ3v) is 3.02. The van der Waals surface area contributed by atoms with Gasteiger partial charge in [0.1, 0.15) is 11.9 Å². The molecule has 0 aliphatic heterocycles. The van der Waals surface area contributed by atoms with Gasteiger partial charge in [0, 0.05) is 10.7 Å². The summed E-state index contributed by atoms with van der Waals surface area (Å²) in [7, 11) is 0.0195. The largest absolute Gasteiger partial charge is 0.574 e. The maximum atomic E-state index is 12.0. The van der Waals surface area contributed by atoms with Crippen LogP contribution in [0.2, 0.25) is 0 Å². The van der Waals surface area contributed by atoms with E-state index in [4.69, 9.17) is 16.4 Å². The number of nitrogen functional groups attached to an aromatic ring is 1. The average molecular weight is 322 g/mol. The summed E-state index contributed by atoms with van der Waals surface area (Å²) in [5.41, 5.74) is 2.98. The minimum Gasteiger partial charge on any atom is -0.392 e. The van der Waals surface area contributed by atoms with Gasteiger partial charge in [0.25, 0.3) is 9.05 Å². The summed E-state index contributed by atoms with van der Waals surface area (Å²) in [5.74, 6) is -1.49. The molecule has 1 rings (SSSR count). The fourth-order valence-corrected chi connectivity index (χ4v) is 2.16. The Morgan fingerprint density at radius 3 is 2.37 bits per heavy atom. The van der Waals surface area contributed by atoms with E-state index in [1.165, 1.54) is 0 Å². The maximum Gasteiger partial charge on any atom is 0.574 e. The molecule has 13 heteroatoms. The number of nitro groups is 1. The van der Waals surface area contributed by atoms with Crippen LogP contribution in [0.3, 0.4) is 0 Å². The van der Waals surface area contributed by atoms with Crippen molar-refractivity contribution in [2.75, 3.05) is 5.73 Å². The molecule has 0 unspecified atom stereocenters. The van der Waals surface area contributed by atoms with Crippen LogP contribution in [0.1, 0.15) is 0 Å². The molecular formula is C6H3ClF3N3O5S. The van der Waals surface area contributed by atoms with Crippen LogP contribution in [0.5, 0.6) is 5.88 Å². The summed E-state index contributed by atoms with van der Waals surface area (Å²) in [6.45, 7) is 0. The fraction of sp³-hybridized carbons (Fsp3) is 0.167. The lowest BCUT2D eigenvalue weighted by Crippen LogP contribution is -2.20. The van der Waals surface area contributed by atoms with Crippen molar-refractivity contribution in [2.24, 2.45) is 0 Å². The van der Waals surface area contributed by atoms with E-state index >= 15 is 0 Å². The molecule has 0 aromatic carbocycles. The fourth-order valence-electron chi connectivity index (χ4n) is 1.04. The second-order valence-electron chi connectivity index (χ2n) is 2.93. The third kappa shape index (κ3) is 3.57. The van der Waals surface area contributed by atoms with Gasteiger partial charge >= 0.3 is 12.0 Å². The van der Waals surface area contributed by atoms with Gasteiger partial charge in [-0.25, -0.2) is 13.4 Å². The highest BCUT2D eigenvalue weighted by molar-refractivity contribution is 8.14. The molecule has 0 aliphatic carbocycles. The zero-order valence-corrected chi connectivity index (χ0v) is 10.1. The van der Waals surface area contributed by atoms with Gasteiger partial charge in [-0.3, -0.25) is 10.1 Å². The molecule has 0 spiro atoms. The Morgan fingerprint density at radius 2 is 2.00 bits per heavy atom. The van der Waals surface area contributed by atoms with E-state index in [2.05, 4.69) is 9.72 Å². The molecule has 0 aliphatic rings. The Kier molecular flexibility index (Phi) is 3.77. The van der Waals surface area contributed by atoms with Gasteiger partial charge in [0.2, 0.25) is 5.88 Å². The second kappa shape index (κ2) is 4.70. The number of aromatic nitrogens is 1. The van der Waals surface area contributed by atoms with Crippen LogP contribution in [0.25, 0.3) is 0 Å². The van der Waals surface area contributed by atoms with Crippen molar-refractivity contribution in [1.29, 1.82) is 0 Å². The first-order valence-electron chi connectivity index (χ1n) is 4.06. The van der Waals surface area contributed by atoms with Crippen molar-refractivity contribution in [2.45, 2.75) is 11.3 Å². The Morgan fingerprint density at radius 1 is 1.47 bits per heavy atom. The smallest absolute Gasteiger partial charge is 0.392 e. The van der Waals surface area contributed by atoms with E-state index in [0.717, 1.165) is 0 Å². The number of anilines is 1. The first kappa shape index (κ1) is 15.2. The molecule has 0 radical (unpaired) electrons. The summed E-state index contributed by atoms with van der Waals surface area (Å²) in [5, 5.41) is 10.5. The molecule has 0 fully saturated rings. The molecule has 0 saturated heterocycles. The summed E-state index contributed by atoms with van der Waals surface area (Å²) >= 11 is 0. The van der Waals surface area contributed by atoms with E-state index in [1.807, 2.05) is 0 Å². The van der Waals surface area contributed by atoms with E-state index < -0.39 is 42.5 Å². The van der Waals surface area contributed by atoms with Gasteiger partial charge < -0.3 is 10.5 Å². The molecule has 1 aromatic heterocycles. The molecule has 8 nitrogen and oxygen atoms in total. The number of nitrogens with two attached hydrogens (primary N) is 1. The number of halogens is 4. The van der Waals surface area contributed by atoms with Crippen LogP contribution in [-0.4, -0.2) is 24.7 Å². The highest BCUT2D eigenvalue weighted by Gasteiger charge is 2.37. The molecule has 19 heavy (non-hydrogen) atoms. The first-order valence-corrected chi connectivity index (χ1v) is 6.37. The minimum absolute atomic E-state index is 0.321. The Hall–Kier alpha value is -1.82. The molecule has 1 heterocycles. The van der Waals surface area contributed by atoms with E-state index in [9.17, 15) is 31.7 Å². The lowest BCUT2D eigenvalue weighted by Gasteiger charge is -2.11. The van der Waals surface area contributed by atoms with Gasteiger partial charge in [0.15, 0.2) is 4.90 Å². The van der Waals surface area contributed by atoms with Crippen LogP contribution in [0.15, 0.2) is 11.1 Å². The number of ether oxygens (including phenoxy) is 1. The summed E-state index contributed by atoms with van der Waals surface area (Å²) in [6, 6.07) is 0. The average Bonchev–Trinajstić information content (AvgIpc) is 2.11. The molecule has 0 atom stereocenters. The zero-order chi connectivity index (χ0) is 15.0. The molecule has 106 valence electrons.